The molecular formula is C26H29N3O4S. The van der Waals surface area contributed by atoms with Crippen LogP contribution in [-0.4, -0.2) is 39.6 Å². The van der Waals surface area contributed by atoms with Crippen molar-refractivity contribution in [2.24, 2.45) is 5.92 Å². The molecule has 0 aliphatic carbocycles. The molecule has 0 unspecified atom stereocenters. The summed E-state index contributed by atoms with van der Waals surface area (Å²) in [7, 11) is 0. The van der Waals surface area contributed by atoms with Gasteiger partial charge >= 0.3 is 0 Å². The van der Waals surface area contributed by atoms with Crippen LogP contribution in [0.4, 0.5) is 5.69 Å². The van der Waals surface area contributed by atoms with E-state index in [1.165, 1.54) is 23.1 Å². The monoisotopic (exact) mass is 479 g/mol. The molecule has 0 spiro atoms. The lowest BCUT2D eigenvalue weighted by atomic mass is 10.1. The quantitative estimate of drug-likeness (QED) is 0.292. The minimum atomic E-state index is -0.528. The summed E-state index contributed by atoms with van der Waals surface area (Å²) in [5.41, 5.74) is 2.18. The average molecular weight is 480 g/mol. The van der Waals surface area contributed by atoms with Crippen molar-refractivity contribution in [3.05, 3.63) is 97.7 Å². The van der Waals surface area contributed by atoms with Gasteiger partial charge in [0.2, 0.25) is 5.91 Å². The Morgan fingerprint density at radius 2 is 1.74 bits per heavy atom. The first-order valence-corrected chi connectivity index (χ1v) is 12.0. The Labute approximate surface area is 203 Å². The Bertz CT molecular complexity index is 1140. The van der Waals surface area contributed by atoms with Crippen molar-refractivity contribution in [2.75, 3.05) is 13.1 Å². The van der Waals surface area contributed by atoms with E-state index in [0.717, 1.165) is 16.0 Å². The van der Waals surface area contributed by atoms with Gasteiger partial charge in [0, 0.05) is 35.7 Å². The molecule has 0 aliphatic rings. The van der Waals surface area contributed by atoms with E-state index >= 15 is 0 Å². The van der Waals surface area contributed by atoms with Crippen LogP contribution in [0.5, 0.6) is 0 Å². The summed E-state index contributed by atoms with van der Waals surface area (Å²) in [6, 6.07) is 17.4. The van der Waals surface area contributed by atoms with E-state index in [2.05, 4.69) is 0 Å². The molecule has 0 saturated carbocycles. The fourth-order valence-electron chi connectivity index (χ4n) is 3.63. The fourth-order valence-corrected chi connectivity index (χ4v) is 4.55. The smallest absolute Gasteiger partial charge is 0.270 e. The number of aryl methyl sites for hydroxylation is 1. The molecule has 178 valence electrons. The van der Waals surface area contributed by atoms with Gasteiger partial charge in [0.25, 0.3) is 11.6 Å². The number of non-ortho nitro benzene ring substituents is 1. The van der Waals surface area contributed by atoms with Gasteiger partial charge in [-0.05, 0) is 41.5 Å². The average Bonchev–Trinajstić information content (AvgIpc) is 3.22. The predicted octanol–water partition coefficient (Wildman–Crippen LogP) is 5.29. The number of nitro benzene ring substituents is 1. The van der Waals surface area contributed by atoms with Crippen LogP contribution in [0.2, 0.25) is 0 Å². The molecule has 0 saturated heterocycles. The zero-order valence-electron chi connectivity index (χ0n) is 19.6. The molecule has 2 aromatic carbocycles. The van der Waals surface area contributed by atoms with E-state index < -0.39 is 10.8 Å². The Hall–Kier alpha value is -3.52. The Balaban J connectivity index is 1.85. The molecule has 34 heavy (non-hydrogen) atoms. The standard InChI is InChI=1S/C26H29N3O4S/c1-19(2)15-28(26(31)22-10-7-11-23(14-22)29(32)33)18-25(30)27(16-21-8-5-4-6-9-21)17-24-20(3)12-13-34-24/h4-14,19H,15-18H2,1-3H3. The molecule has 7 nitrogen and oxygen atoms in total. The second kappa shape index (κ2) is 11.6. The normalized spacial score (nSPS) is 10.8. The number of amides is 2. The molecule has 0 aliphatic heterocycles. The number of hydrogen-bond donors (Lipinski definition) is 0. The minimum Gasteiger partial charge on any atom is -0.332 e. The van der Waals surface area contributed by atoms with Gasteiger partial charge in [0.15, 0.2) is 0 Å². The summed E-state index contributed by atoms with van der Waals surface area (Å²) >= 11 is 1.60. The van der Waals surface area contributed by atoms with Gasteiger partial charge < -0.3 is 9.80 Å². The number of hydrogen-bond acceptors (Lipinski definition) is 5. The first kappa shape index (κ1) is 25.1. The maximum Gasteiger partial charge on any atom is 0.270 e. The molecular weight excluding hydrogens is 450 g/mol. The predicted molar refractivity (Wildman–Crippen MR) is 134 cm³/mol. The lowest BCUT2D eigenvalue weighted by molar-refractivity contribution is -0.384. The fraction of sp³-hybridized carbons (Fsp3) is 0.308. The summed E-state index contributed by atoms with van der Waals surface area (Å²) in [6.45, 7) is 7.11. The number of rotatable bonds is 10. The van der Waals surface area contributed by atoms with Crippen LogP contribution in [0.25, 0.3) is 0 Å². The lowest BCUT2D eigenvalue weighted by Gasteiger charge is -2.29. The SMILES string of the molecule is Cc1ccsc1CN(Cc1ccccc1)C(=O)CN(CC(C)C)C(=O)c1cccc([N+](=O)[O-])c1. The second-order valence-corrected chi connectivity index (χ2v) is 9.65. The molecule has 0 fully saturated rings. The topological polar surface area (TPSA) is 83.8 Å². The highest BCUT2D eigenvalue weighted by molar-refractivity contribution is 7.10. The second-order valence-electron chi connectivity index (χ2n) is 8.65. The van der Waals surface area contributed by atoms with Gasteiger partial charge in [-0.15, -0.1) is 11.3 Å². The van der Waals surface area contributed by atoms with Gasteiger partial charge in [-0.1, -0.05) is 50.2 Å². The highest BCUT2D eigenvalue weighted by Gasteiger charge is 2.25. The number of nitro groups is 1. The van der Waals surface area contributed by atoms with Crippen molar-refractivity contribution in [3.63, 3.8) is 0 Å². The van der Waals surface area contributed by atoms with Crippen LogP contribution in [0.1, 0.15) is 40.2 Å². The summed E-state index contributed by atoms with van der Waals surface area (Å²) in [6.07, 6.45) is 0. The summed E-state index contributed by atoms with van der Waals surface area (Å²) < 4.78 is 0. The summed E-state index contributed by atoms with van der Waals surface area (Å²) in [5, 5.41) is 13.2. The van der Waals surface area contributed by atoms with Crippen molar-refractivity contribution >= 4 is 28.8 Å². The van der Waals surface area contributed by atoms with E-state index in [0.29, 0.717) is 19.6 Å². The third-order valence-electron chi connectivity index (χ3n) is 5.37. The minimum absolute atomic E-state index is 0.100. The van der Waals surface area contributed by atoms with Crippen molar-refractivity contribution in [1.82, 2.24) is 9.80 Å². The third-order valence-corrected chi connectivity index (χ3v) is 6.38. The largest absolute Gasteiger partial charge is 0.332 e. The van der Waals surface area contributed by atoms with Crippen LogP contribution in [0.15, 0.2) is 66.0 Å². The number of carbonyl (C=O) groups excluding carboxylic acids is 2. The highest BCUT2D eigenvalue weighted by Crippen LogP contribution is 2.21. The van der Waals surface area contributed by atoms with Crippen LogP contribution in [-0.2, 0) is 17.9 Å². The summed E-state index contributed by atoms with van der Waals surface area (Å²) in [5.74, 6) is -0.439. The van der Waals surface area contributed by atoms with Crippen LogP contribution in [0.3, 0.4) is 0 Å². The molecule has 1 heterocycles. The van der Waals surface area contributed by atoms with E-state index in [1.54, 1.807) is 22.3 Å². The van der Waals surface area contributed by atoms with Gasteiger partial charge in [0.05, 0.1) is 11.5 Å². The van der Waals surface area contributed by atoms with E-state index in [9.17, 15) is 19.7 Å². The first-order valence-electron chi connectivity index (χ1n) is 11.1. The molecule has 0 radical (unpaired) electrons. The zero-order valence-corrected chi connectivity index (χ0v) is 20.5. The van der Waals surface area contributed by atoms with Crippen molar-refractivity contribution in [3.8, 4) is 0 Å². The number of benzene rings is 2. The molecule has 0 N–H and O–H groups in total. The first-order chi connectivity index (χ1) is 16.2. The highest BCUT2D eigenvalue weighted by atomic mass is 32.1. The maximum atomic E-state index is 13.5. The molecule has 0 atom stereocenters. The number of thiophene rings is 1. The maximum absolute atomic E-state index is 13.5. The van der Waals surface area contributed by atoms with Crippen LogP contribution >= 0.6 is 11.3 Å². The van der Waals surface area contributed by atoms with Crippen LogP contribution < -0.4 is 0 Å². The molecule has 3 rings (SSSR count). The Morgan fingerprint density at radius 1 is 1.00 bits per heavy atom. The number of nitrogens with zero attached hydrogens (tertiary/aromatic N) is 3. The molecule has 3 aromatic rings. The van der Waals surface area contributed by atoms with E-state index in [-0.39, 0.29) is 29.6 Å². The van der Waals surface area contributed by atoms with E-state index in [1.807, 2.05) is 62.5 Å². The Morgan fingerprint density at radius 3 is 2.35 bits per heavy atom. The lowest BCUT2D eigenvalue weighted by Crippen LogP contribution is -2.43. The molecule has 8 heteroatoms. The van der Waals surface area contributed by atoms with Gasteiger partial charge in [0.1, 0.15) is 6.54 Å². The van der Waals surface area contributed by atoms with Gasteiger partial charge in [-0.25, -0.2) is 0 Å². The molecule has 2 amide bonds. The van der Waals surface area contributed by atoms with Crippen molar-refractivity contribution in [1.29, 1.82) is 0 Å². The van der Waals surface area contributed by atoms with Crippen molar-refractivity contribution in [2.45, 2.75) is 33.9 Å². The zero-order chi connectivity index (χ0) is 24.7. The van der Waals surface area contributed by atoms with Gasteiger partial charge in [-0.3, -0.25) is 19.7 Å². The Kier molecular flexibility index (Phi) is 8.54. The molecule has 1 aromatic heterocycles. The van der Waals surface area contributed by atoms with Gasteiger partial charge in [-0.2, -0.15) is 0 Å². The number of carbonyl (C=O) groups is 2. The van der Waals surface area contributed by atoms with Crippen LogP contribution in [0, 0.1) is 23.0 Å². The molecule has 0 bridgehead atoms. The van der Waals surface area contributed by atoms with Crippen molar-refractivity contribution < 1.29 is 14.5 Å². The summed E-state index contributed by atoms with van der Waals surface area (Å²) in [4.78, 5) is 41.8. The third kappa shape index (κ3) is 6.74. The van der Waals surface area contributed by atoms with E-state index in [4.69, 9.17) is 0 Å².